The van der Waals surface area contributed by atoms with E-state index in [2.05, 4.69) is 36.8 Å². The SMILES string of the molecule is CC(N)c1ncc(Br)cc1Br. The highest BCUT2D eigenvalue weighted by Crippen LogP contribution is 2.22. The van der Waals surface area contributed by atoms with Crippen LogP contribution < -0.4 is 5.73 Å². The molecule has 1 rings (SSSR count). The Morgan fingerprint density at radius 1 is 1.55 bits per heavy atom. The molecule has 2 nitrogen and oxygen atoms in total. The van der Waals surface area contributed by atoms with E-state index in [9.17, 15) is 0 Å². The molecule has 0 saturated carbocycles. The summed E-state index contributed by atoms with van der Waals surface area (Å²) < 4.78 is 1.90. The van der Waals surface area contributed by atoms with Gasteiger partial charge in [-0.05, 0) is 44.8 Å². The molecule has 0 radical (unpaired) electrons. The minimum absolute atomic E-state index is 0.0301. The van der Waals surface area contributed by atoms with E-state index < -0.39 is 0 Å². The van der Waals surface area contributed by atoms with Gasteiger partial charge < -0.3 is 5.73 Å². The molecule has 0 fully saturated rings. The van der Waals surface area contributed by atoms with Gasteiger partial charge in [-0.25, -0.2) is 0 Å². The summed E-state index contributed by atoms with van der Waals surface area (Å²) in [5.41, 5.74) is 6.54. The molecule has 0 saturated heterocycles. The van der Waals surface area contributed by atoms with Crippen molar-refractivity contribution in [3.05, 3.63) is 26.9 Å². The first-order chi connectivity index (χ1) is 5.11. The molecular formula is C7H8Br2N2. The third-order valence-electron chi connectivity index (χ3n) is 1.27. The zero-order valence-corrected chi connectivity index (χ0v) is 9.18. The van der Waals surface area contributed by atoms with Gasteiger partial charge in [-0.3, -0.25) is 4.98 Å². The van der Waals surface area contributed by atoms with Gasteiger partial charge >= 0.3 is 0 Å². The Morgan fingerprint density at radius 3 is 2.64 bits per heavy atom. The van der Waals surface area contributed by atoms with E-state index in [1.807, 2.05) is 13.0 Å². The lowest BCUT2D eigenvalue weighted by Crippen LogP contribution is -2.07. The summed E-state index contributed by atoms with van der Waals surface area (Å²) in [5.74, 6) is 0. The molecule has 1 atom stereocenters. The van der Waals surface area contributed by atoms with Crippen LogP contribution in [0.15, 0.2) is 21.2 Å². The minimum atomic E-state index is -0.0301. The summed E-state index contributed by atoms with van der Waals surface area (Å²) in [7, 11) is 0. The highest BCUT2D eigenvalue weighted by atomic mass is 79.9. The van der Waals surface area contributed by atoms with Crippen LogP contribution in [-0.4, -0.2) is 4.98 Å². The predicted octanol–water partition coefficient (Wildman–Crippen LogP) is 2.63. The quantitative estimate of drug-likeness (QED) is 0.858. The maximum absolute atomic E-state index is 5.66. The van der Waals surface area contributed by atoms with E-state index in [1.54, 1.807) is 6.20 Å². The first-order valence-electron chi connectivity index (χ1n) is 3.18. The second-order valence-electron chi connectivity index (χ2n) is 2.31. The molecule has 1 heterocycles. The van der Waals surface area contributed by atoms with Crippen molar-refractivity contribution in [3.63, 3.8) is 0 Å². The molecule has 0 amide bonds. The third-order valence-corrected chi connectivity index (χ3v) is 2.34. The summed E-state index contributed by atoms with van der Waals surface area (Å²) in [6.07, 6.45) is 1.74. The molecule has 2 N–H and O–H groups in total. The second-order valence-corrected chi connectivity index (χ2v) is 4.08. The number of nitrogens with two attached hydrogens (primary N) is 1. The van der Waals surface area contributed by atoms with Crippen molar-refractivity contribution in [3.8, 4) is 0 Å². The maximum Gasteiger partial charge on any atom is 0.0710 e. The number of nitrogens with zero attached hydrogens (tertiary/aromatic N) is 1. The molecule has 11 heavy (non-hydrogen) atoms. The highest BCUT2D eigenvalue weighted by molar-refractivity contribution is 9.11. The van der Waals surface area contributed by atoms with E-state index in [4.69, 9.17) is 5.73 Å². The Balaban J connectivity index is 3.09. The van der Waals surface area contributed by atoms with Gasteiger partial charge in [0.1, 0.15) is 0 Å². The number of aromatic nitrogens is 1. The Labute approximate surface area is 82.5 Å². The fourth-order valence-electron chi connectivity index (χ4n) is 0.760. The molecule has 0 aliphatic carbocycles. The fraction of sp³-hybridized carbons (Fsp3) is 0.286. The Kier molecular flexibility index (Phi) is 3.04. The minimum Gasteiger partial charge on any atom is -0.323 e. The van der Waals surface area contributed by atoms with Gasteiger partial charge in [0.05, 0.1) is 5.69 Å². The standard InChI is InChI=1S/C7H8Br2N2/c1-4(10)7-6(9)2-5(8)3-11-7/h2-4H,10H2,1H3. The summed E-state index contributed by atoms with van der Waals surface area (Å²) in [6.45, 7) is 1.90. The first kappa shape index (κ1) is 9.16. The monoisotopic (exact) mass is 278 g/mol. The highest BCUT2D eigenvalue weighted by Gasteiger charge is 2.05. The van der Waals surface area contributed by atoms with Crippen molar-refractivity contribution in [2.24, 2.45) is 5.73 Å². The van der Waals surface area contributed by atoms with Gasteiger partial charge in [0.2, 0.25) is 0 Å². The third kappa shape index (κ3) is 2.25. The molecule has 60 valence electrons. The van der Waals surface area contributed by atoms with E-state index in [-0.39, 0.29) is 6.04 Å². The van der Waals surface area contributed by atoms with Crippen molar-refractivity contribution >= 4 is 31.9 Å². The van der Waals surface area contributed by atoms with E-state index in [0.717, 1.165) is 14.6 Å². The smallest absolute Gasteiger partial charge is 0.0710 e. The van der Waals surface area contributed by atoms with Crippen LogP contribution in [0.3, 0.4) is 0 Å². The van der Waals surface area contributed by atoms with Crippen molar-refractivity contribution in [2.75, 3.05) is 0 Å². The molecule has 4 heteroatoms. The van der Waals surface area contributed by atoms with Crippen LogP contribution in [-0.2, 0) is 0 Å². The average molecular weight is 280 g/mol. The fourth-order valence-corrected chi connectivity index (χ4v) is 2.11. The zero-order chi connectivity index (χ0) is 8.43. The first-order valence-corrected chi connectivity index (χ1v) is 4.76. The van der Waals surface area contributed by atoms with Crippen molar-refractivity contribution in [1.82, 2.24) is 4.98 Å². The van der Waals surface area contributed by atoms with Gasteiger partial charge in [-0.2, -0.15) is 0 Å². The molecule has 1 unspecified atom stereocenters. The van der Waals surface area contributed by atoms with Gasteiger partial charge in [-0.1, -0.05) is 0 Å². The lowest BCUT2D eigenvalue weighted by molar-refractivity contribution is 0.774. The Morgan fingerprint density at radius 2 is 2.18 bits per heavy atom. The molecule has 1 aromatic heterocycles. The predicted molar refractivity (Wildman–Crippen MR) is 52.2 cm³/mol. The lowest BCUT2D eigenvalue weighted by Gasteiger charge is -2.06. The van der Waals surface area contributed by atoms with Crippen molar-refractivity contribution < 1.29 is 0 Å². The zero-order valence-electron chi connectivity index (χ0n) is 6.01. The molecular weight excluding hydrogens is 272 g/mol. The van der Waals surface area contributed by atoms with E-state index >= 15 is 0 Å². The molecule has 0 aliphatic heterocycles. The average Bonchev–Trinajstić information content (AvgIpc) is 1.85. The van der Waals surface area contributed by atoms with Crippen LogP contribution in [0.5, 0.6) is 0 Å². The number of hydrogen-bond acceptors (Lipinski definition) is 2. The topological polar surface area (TPSA) is 38.9 Å². The van der Waals surface area contributed by atoms with Crippen LogP contribution in [0.4, 0.5) is 0 Å². The summed E-state index contributed by atoms with van der Waals surface area (Å²) in [6, 6.07) is 1.91. The van der Waals surface area contributed by atoms with Crippen molar-refractivity contribution in [2.45, 2.75) is 13.0 Å². The molecule has 0 aromatic carbocycles. The number of pyridine rings is 1. The molecule has 0 spiro atoms. The normalized spacial score (nSPS) is 13.1. The van der Waals surface area contributed by atoms with Crippen LogP contribution in [0.2, 0.25) is 0 Å². The molecule has 1 aromatic rings. The van der Waals surface area contributed by atoms with Crippen LogP contribution in [0.1, 0.15) is 18.7 Å². The molecule has 0 aliphatic rings. The summed E-state index contributed by atoms with van der Waals surface area (Å²) in [5, 5.41) is 0. The number of halogens is 2. The summed E-state index contributed by atoms with van der Waals surface area (Å²) in [4.78, 5) is 4.16. The van der Waals surface area contributed by atoms with Gasteiger partial charge in [-0.15, -0.1) is 0 Å². The van der Waals surface area contributed by atoms with Crippen LogP contribution >= 0.6 is 31.9 Å². The summed E-state index contributed by atoms with van der Waals surface area (Å²) >= 11 is 6.69. The van der Waals surface area contributed by atoms with Gasteiger partial charge in [0.25, 0.3) is 0 Å². The largest absolute Gasteiger partial charge is 0.323 e. The van der Waals surface area contributed by atoms with Crippen LogP contribution in [0, 0.1) is 0 Å². The van der Waals surface area contributed by atoms with Crippen LogP contribution in [0.25, 0.3) is 0 Å². The van der Waals surface area contributed by atoms with Crippen molar-refractivity contribution in [1.29, 1.82) is 0 Å². The Bertz CT molecular complexity index is 261. The number of hydrogen-bond donors (Lipinski definition) is 1. The lowest BCUT2D eigenvalue weighted by atomic mass is 10.2. The van der Waals surface area contributed by atoms with Gasteiger partial charge in [0, 0.05) is 21.2 Å². The maximum atomic E-state index is 5.66. The van der Waals surface area contributed by atoms with E-state index in [1.165, 1.54) is 0 Å². The molecule has 0 bridgehead atoms. The Hall–Kier alpha value is 0.0700. The second kappa shape index (κ2) is 3.65. The van der Waals surface area contributed by atoms with E-state index in [0.29, 0.717) is 0 Å². The number of rotatable bonds is 1. The van der Waals surface area contributed by atoms with Gasteiger partial charge in [0.15, 0.2) is 0 Å².